The maximum atomic E-state index is 11.3. The van der Waals surface area contributed by atoms with Gasteiger partial charge in [0, 0.05) is 6.54 Å². The van der Waals surface area contributed by atoms with Crippen LogP contribution in [0.15, 0.2) is 69.9 Å². The van der Waals surface area contributed by atoms with Gasteiger partial charge in [0.25, 0.3) is 0 Å². The molecule has 0 radical (unpaired) electrons. The second-order valence-electron chi connectivity index (χ2n) is 10.2. The predicted molar refractivity (Wildman–Crippen MR) is 166 cm³/mol. The molecule has 1 N–H and O–H groups in total. The molecular weight excluding hydrogens is 541 g/mol. The lowest BCUT2D eigenvalue weighted by Gasteiger charge is -2.04. The van der Waals surface area contributed by atoms with Crippen LogP contribution in [0.4, 0.5) is 0 Å². The summed E-state index contributed by atoms with van der Waals surface area (Å²) in [5, 5.41) is 2.92. The van der Waals surface area contributed by atoms with Gasteiger partial charge < -0.3 is 5.32 Å². The van der Waals surface area contributed by atoms with E-state index in [4.69, 9.17) is 0 Å². The van der Waals surface area contributed by atoms with Gasteiger partial charge in [-0.25, -0.2) is 0 Å². The van der Waals surface area contributed by atoms with E-state index in [0.717, 1.165) is 44.9 Å². The van der Waals surface area contributed by atoms with E-state index >= 15 is 0 Å². The summed E-state index contributed by atoms with van der Waals surface area (Å²) in [6.45, 7) is 16.1. The van der Waals surface area contributed by atoms with Crippen LogP contribution < -0.4 is 5.32 Å². The molecule has 1 amide bonds. The Labute approximate surface area is 231 Å². The van der Waals surface area contributed by atoms with Gasteiger partial charge in [-0.2, -0.15) is 0 Å². The smallest absolute Gasteiger partial charge is 0.230 e. The molecule has 35 heavy (non-hydrogen) atoms. The van der Waals surface area contributed by atoms with Gasteiger partial charge >= 0.3 is 0 Å². The predicted octanol–water partition coefficient (Wildman–Crippen LogP) is 10.1. The van der Waals surface area contributed by atoms with Gasteiger partial charge in [0.2, 0.25) is 5.91 Å². The monoisotopic (exact) mass is 593 g/mol. The summed E-state index contributed by atoms with van der Waals surface area (Å²) in [6.07, 6.45) is 25.6. The minimum Gasteiger partial charge on any atom is -0.352 e. The van der Waals surface area contributed by atoms with E-state index in [-0.39, 0.29) is 5.91 Å². The lowest BCUT2D eigenvalue weighted by Crippen LogP contribution is -2.25. The van der Waals surface area contributed by atoms with Crippen molar-refractivity contribution in [2.24, 2.45) is 0 Å². The Morgan fingerprint density at radius 1 is 0.543 bits per heavy atom. The zero-order valence-electron chi connectivity index (χ0n) is 23.7. The Morgan fingerprint density at radius 2 is 0.886 bits per heavy atom. The number of nitrogens with one attached hydrogen (secondary N) is 1. The van der Waals surface area contributed by atoms with Crippen LogP contribution in [0.2, 0.25) is 0 Å². The van der Waals surface area contributed by atoms with Crippen molar-refractivity contribution in [1.82, 2.24) is 5.32 Å². The maximum Gasteiger partial charge on any atom is 0.230 e. The Kier molecular flexibility index (Phi) is 21.0. The summed E-state index contributed by atoms with van der Waals surface area (Å²) < 4.78 is 0.520. The molecule has 0 unspecified atom stereocenters. The third-order valence-corrected chi connectivity index (χ3v) is 6.72. The molecule has 0 aliphatic heterocycles. The van der Waals surface area contributed by atoms with E-state index in [1.165, 1.54) is 52.7 Å². The fraction of sp³-hybridized carbons (Fsp3) is 0.594. The van der Waals surface area contributed by atoms with Crippen molar-refractivity contribution in [1.29, 1.82) is 0 Å². The van der Waals surface area contributed by atoms with Gasteiger partial charge in [-0.15, -0.1) is 0 Å². The lowest BCUT2D eigenvalue weighted by atomic mass is 10.0. The second-order valence-corrected chi connectivity index (χ2v) is 10.9. The number of hydrogen-bond acceptors (Lipinski definition) is 1. The van der Waals surface area contributed by atoms with Gasteiger partial charge in [0.1, 0.15) is 0 Å². The molecule has 3 heteroatoms. The van der Waals surface area contributed by atoms with Crippen molar-refractivity contribution in [2.75, 3.05) is 11.0 Å². The van der Waals surface area contributed by atoms with Crippen molar-refractivity contribution in [3.63, 3.8) is 0 Å². The van der Waals surface area contributed by atoms with Gasteiger partial charge in [-0.05, 0) is 113 Å². The summed E-state index contributed by atoms with van der Waals surface area (Å²) >= 11 is 2.09. The SMILES string of the molecule is CC(C)=CCCC(C)=CCCC(C)=CCCC=C(C)CCC=C(C)CCC=C(C)CNC(=O)CI. The number of carbonyl (C=O) groups is 1. The number of hydrogen-bond donors (Lipinski definition) is 1. The van der Waals surface area contributed by atoms with Crippen LogP contribution >= 0.6 is 22.6 Å². The molecule has 0 saturated carbocycles. The van der Waals surface area contributed by atoms with Gasteiger partial charge in [0.15, 0.2) is 0 Å². The lowest BCUT2D eigenvalue weighted by molar-refractivity contribution is -0.118. The largest absolute Gasteiger partial charge is 0.352 e. The molecule has 0 rings (SSSR count). The van der Waals surface area contributed by atoms with E-state index in [2.05, 4.69) is 113 Å². The number of carbonyl (C=O) groups excluding carboxylic acids is 1. The highest BCUT2D eigenvalue weighted by Gasteiger charge is 1.98. The standard InChI is InChI=1S/C32H52INO/c1-26(2)14-10-17-29(5)20-11-18-27(3)15-8-9-16-28(4)19-12-21-30(6)22-13-23-31(7)25-34-32(35)24-33/h14-16,20-21,23H,8-13,17-19,22,24-25H2,1-7H3,(H,34,35). The second kappa shape index (κ2) is 21.9. The number of unbranched alkanes of at least 4 members (excludes halogenated alkanes) is 1. The number of allylic oxidation sites excluding steroid dienone is 11. The van der Waals surface area contributed by atoms with Crippen LogP contribution in [-0.4, -0.2) is 16.9 Å². The fourth-order valence-electron chi connectivity index (χ4n) is 3.65. The number of amides is 1. The number of halogens is 1. The fourth-order valence-corrected chi connectivity index (χ4v) is 3.92. The van der Waals surface area contributed by atoms with Crippen molar-refractivity contribution in [3.05, 3.63) is 69.9 Å². The number of alkyl halides is 1. The molecule has 0 aromatic rings. The van der Waals surface area contributed by atoms with E-state index in [0.29, 0.717) is 11.0 Å². The van der Waals surface area contributed by atoms with Gasteiger partial charge in [-0.1, -0.05) is 92.5 Å². The molecule has 0 bridgehead atoms. The van der Waals surface area contributed by atoms with E-state index in [9.17, 15) is 4.79 Å². The van der Waals surface area contributed by atoms with Gasteiger partial charge in [0.05, 0.1) is 4.43 Å². The summed E-state index contributed by atoms with van der Waals surface area (Å²) in [6, 6.07) is 0. The number of rotatable bonds is 18. The molecule has 0 aromatic carbocycles. The normalized spacial score (nSPS) is 13.8. The van der Waals surface area contributed by atoms with Crippen LogP contribution in [0.3, 0.4) is 0 Å². The molecule has 0 spiro atoms. The molecule has 0 aliphatic rings. The zero-order chi connectivity index (χ0) is 26.5. The summed E-state index contributed by atoms with van der Waals surface area (Å²) in [7, 11) is 0. The van der Waals surface area contributed by atoms with Crippen LogP contribution in [0, 0.1) is 0 Å². The van der Waals surface area contributed by atoms with Crippen molar-refractivity contribution < 1.29 is 4.79 Å². The highest BCUT2D eigenvalue weighted by atomic mass is 127. The zero-order valence-corrected chi connectivity index (χ0v) is 25.9. The Hall–Kier alpha value is -1.36. The first kappa shape index (κ1) is 33.6. The molecule has 0 aliphatic carbocycles. The van der Waals surface area contributed by atoms with Crippen molar-refractivity contribution in [2.45, 2.75) is 113 Å². The minimum absolute atomic E-state index is 0.105. The first-order valence-electron chi connectivity index (χ1n) is 13.4. The molecular formula is C32H52INO. The van der Waals surface area contributed by atoms with Crippen LogP contribution in [-0.2, 0) is 4.79 Å². The van der Waals surface area contributed by atoms with E-state index < -0.39 is 0 Å². The highest BCUT2D eigenvalue weighted by Crippen LogP contribution is 2.14. The molecule has 0 fully saturated rings. The van der Waals surface area contributed by atoms with E-state index in [1.807, 2.05) is 0 Å². The third kappa shape index (κ3) is 22.8. The van der Waals surface area contributed by atoms with Crippen LogP contribution in [0.5, 0.6) is 0 Å². The van der Waals surface area contributed by atoms with Crippen LogP contribution in [0.25, 0.3) is 0 Å². The molecule has 0 aromatic heterocycles. The molecule has 0 heterocycles. The summed E-state index contributed by atoms with van der Waals surface area (Å²) in [5.41, 5.74) is 8.63. The highest BCUT2D eigenvalue weighted by molar-refractivity contribution is 14.1. The topological polar surface area (TPSA) is 29.1 Å². The maximum absolute atomic E-state index is 11.3. The Morgan fingerprint density at radius 3 is 1.26 bits per heavy atom. The summed E-state index contributed by atoms with van der Waals surface area (Å²) in [5.74, 6) is 0.105. The molecule has 0 saturated heterocycles. The quantitative estimate of drug-likeness (QED) is 0.0729. The Bertz CT molecular complexity index is 788. The van der Waals surface area contributed by atoms with Gasteiger partial charge in [-0.3, -0.25) is 4.79 Å². The van der Waals surface area contributed by atoms with Crippen molar-refractivity contribution >= 4 is 28.5 Å². The van der Waals surface area contributed by atoms with Crippen LogP contribution in [0.1, 0.15) is 113 Å². The summed E-state index contributed by atoms with van der Waals surface area (Å²) in [4.78, 5) is 11.3. The first-order chi connectivity index (χ1) is 16.6. The third-order valence-electron chi connectivity index (χ3n) is 6.02. The average Bonchev–Trinajstić information content (AvgIpc) is 2.80. The Balaban J connectivity index is 4.11. The average molecular weight is 594 g/mol. The minimum atomic E-state index is 0.105. The molecule has 198 valence electrons. The van der Waals surface area contributed by atoms with Crippen molar-refractivity contribution in [3.8, 4) is 0 Å². The molecule has 0 atom stereocenters. The molecule has 2 nitrogen and oxygen atoms in total. The first-order valence-corrected chi connectivity index (χ1v) is 14.9. The van der Waals surface area contributed by atoms with E-state index in [1.54, 1.807) is 0 Å².